The molecule has 6 heteroatoms. The Hall–Kier alpha value is -1.07. The minimum atomic E-state index is -0.315. The number of benzene rings is 1. The van der Waals surface area contributed by atoms with Crippen molar-refractivity contribution in [2.75, 3.05) is 0 Å². The molecule has 0 atom stereocenters. The molecule has 0 saturated heterocycles. The van der Waals surface area contributed by atoms with Crippen LogP contribution in [0.25, 0.3) is 0 Å². The second-order valence-corrected chi connectivity index (χ2v) is 5.05. The van der Waals surface area contributed by atoms with Crippen LogP contribution in [-0.4, -0.2) is 9.78 Å². The summed E-state index contributed by atoms with van der Waals surface area (Å²) >= 11 is 9.34. The summed E-state index contributed by atoms with van der Waals surface area (Å²) in [4.78, 5) is 0. The average molecular weight is 334 g/mol. The average Bonchev–Trinajstić information content (AvgIpc) is 2.53. The second-order valence-electron chi connectivity index (χ2n) is 3.84. The Kier molecular flexibility index (Phi) is 3.92. The molecule has 0 aliphatic carbocycles. The summed E-state index contributed by atoms with van der Waals surface area (Å²) in [6.45, 7) is 2.16. The number of ether oxygens (including phenoxy) is 1. The predicted molar refractivity (Wildman–Crippen MR) is 71.4 cm³/mol. The maximum absolute atomic E-state index is 12.9. The van der Waals surface area contributed by atoms with Gasteiger partial charge in [-0.25, -0.2) is 4.39 Å². The molecule has 0 unspecified atom stereocenters. The lowest BCUT2D eigenvalue weighted by Crippen LogP contribution is -1.98. The van der Waals surface area contributed by atoms with Crippen LogP contribution in [0, 0.1) is 12.7 Å². The Morgan fingerprint density at radius 1 is 1.50 bits per heavy atom. The predicted octanol–water partition coefficient (Wildman–Crippen LogP) is 3.86. The zero-order chi connectivity index (χ0) is 13.3. The Balaban J connectivity index is 2.16. The van der Waals surface area contributed by atoms with E-state index in [2.05, 4.69) is 21.0 Å². The zero-order valence-corrected chi connectivity index (χ0v) is 12.2. The van der Waals surface area contributed by atoms with Crippen LogP contribution in [-0.2, 0) is 13.7 Å². The topological polar surface area (TPSA) is 27.1 Å². The minimum Gasteiger partial charge on any atom is -0.488 e. The van der Waals surface area contributed by atoms with Gasteiger partial charge in [-0.3, -0.25) is 4.68 Å². The van der Waals surface area contributed by atoms with Gasteiger partial charge in [0.1, 0.15) is 23.3 Å². The van der Waals surface area contributed by atoms with Crippen LogP contribution in [0.1, 0.15) is 11.3 Å². The van der Waals surface area contributed by atoms with Crippen molar-refractivity contribution in [2.24, 2.45) is 7.05 Å². The van der Waals surface area contributed by atoms with Crippen LogP contribution in [0.3, 0.4) is 0 Å². The van der Waals surface area contributed by atoms with Crippen molar-refractivity contribution in [3.8, 4) is 5.75 Å². The highest BCUT2D eigenvalue weighted by molar-refractivity contribution is 9.10. The summed E-state index contributed by atoms with van der Waals surface area (Å²) in [6.07, 6.45) is 0. The van der Waals surface area contributed by atoms with Crippen molar-refractivity contribution in [1.29, 1.82) is 0 Å². The molecule has 2 aromatic rings. The molecule has 1 heterocycles. The maximum atomic E-state index is 12.9. The van der Waals surface area contributed by atoms with Crippen molar-refractivity contribution in [2.45, 2.75) is 13.5 Å². The van der Waals surface area contributed by atoms with Gasteiger partial charge in [-0.05, 0) is 41.1 Å². The van der Waals surface area contributed by atoms with Gasteiger partial charge in [0.25, 0.3) is 0 Å². The van der Waals surface area contributed by atoms with Gasteiger partial charge in [0.15, 0.2) is 0 Å². The number of aromatic nitrogens is 2. The molecule has 0 bridgehead atoms. The molecule has 1 aromatic carbocycles. The SMILES string of the molecule is Cc1nn(C)c(Cl)c1COc1ccc(F)cc1Br. The molecule has 0 N–H and O–H groups in total. The maximum Gasteiger partial charge on any atom is 0.134 e. The third kappa shape index (κ3) is 2.67. The molecular formula is C12H11BrClFN2O. The van der Waals surface area contributed by atoms with E-state index >= 15 is 0 Å². The Labute approximate surface area is 118 Å². The van der Waals surface area contributed by atoms with Gasteiger partial charge in [0, 0.05) is 12.6 Å². The molecule has 0 amide bonds. The van der Waals surface area contributed by atoms with Gasteiger partial charge < -0.3 is 4.74 Å². The van der Waals surface area contributed by atoms with E-state index < -0.39 is 0 Å². The molecule has 0 aliphatic rings. The van der Waals surface area contributed by atoms with Gasteiger partial charge in [0.05, 0.1) is 10.2 Å². The highest BCUT2D eigenvalue weighted by Gasteiger charge is 2.12. The first-order chi connectivity index (χ1) is 8.49. The summed E-state index contributed by atoms with van der Waals surface area (Å²) in [7, 11) is 1.77. The standard InChI is InChI=1S/C12H11BrClFN2O/c1-7-9(12(14)17(2)16-7)6-18-11-4-3-8(15)5-10(11)13/h3-5H,6H2,1-2H3. The van der Waals surface area contributed by atoms with E-state index in [0.29, 0.717) is 22.0 Å². The fraction of sp³-hybridized carbons (Fsp3) is 0.250. The van der Waals surface area contributed by atoms with Crippen LogP contribution in [0.5, 0.6) is 5.75 Å². The summed E-state index contributed by atoms with van der Waals surface area (Å²) in [5.41, 5.74) is 1.65. The van der Waals surface area contributed by atoms with E-state index in [-0.39, 0.29) is 5.82 Å². The highest BCUT2D eigenvalue weighted by Crippen LogP contribution is 2.27. The van der Waals surface area contributed by atoms with Crippen molar-refractivity contribution in [3.63, 3.8) is 0 Å². The lowest BCUT2D eigenvalue weighted by molar-refractivity contribution is 0.303. The first kappa shape index (κ1) is 13.4. The fourth-order valence-electron chi connectivity index (χ4n) is 1.58. The number of rotatable bonds is 3. The first-order valence-electron chi connectivity index (χ1n) is 5.25. The smallest absolute Gasteiger partial charge is 0.134 e. The minimum absolute atomic E-state index is 0.294. The number of aryl methyl sites for hydroxylation is 2. The van der Waals surface area contributed by atoms with Gasteiger partial charge >= 0.3 is 0 Å². The van der Waals surface area contributed by atoms with E-state index in [9.17, 15) is 4.39 Å². The molecular weight excluding hydrogens is 322 g/mol. The number of halogens is 3. The van der Waals surface area contributed by atoms with Crippen LogP contribution in [0.4, 0.5) is 4.39 Å². The molecule has 0 fully saturated rings. The Bertz CT molecular complexity index is 586. The zero-order valence-electron chi connectivity index (χ0n) is 9.88. The summed E-state index contributed by atoms with van der Waals surface area (Å²) in [5, 5.41) is 4.74. The van der Waals surface area contributed by atoms with E-state index in [1.54, 1.807) is 17.8 Å². The van der Waals surface area contributed by atoms with Crippen LogP contribution < -0.4 is 4.74 Å². The van der Waals surface area contributed by atoms with Crippen molar-refractivity contribution in [3.05, 3.63) is 44.9 Å². The van der Waals surface area contributed by atoms with Gasteiger partial charge in [-0.15, -0.1) is 0 Å². The van der Waals surface area contributed by atoms with Crippen LogP contribution >= 0.6 is 27.5 Å². The summed E-state index contributed by atoms with van der Waals surface area (Å²) in [5.74, 6) is 0.250. The highest BCUT2D eigenvalue weighted by atomic mass is 79.9. The van der Waals surface area contributed by atoms with Crippen molar-refractivity contribution in [1.82, 2.24) is 9.78 Å². The first-order valence-corrected chi connectivity index (χ1v) is 6.42. The van der Waals surface area contributed by atoms with E-state index in [4.69, 9.17) is 16.3 Å². The third-order valence-electron chi connectivity index (χ3n) is 2.54. The molecule has 96 valence electrons. The van der Waals surface area contributed by atoms with E-state index in [0.717, 1.165) is 11.3 Å². The fourth-order valence-corrected chi connectivity index (χ4v) is 2.27. The Morgan fingerprint density at radius 2 is 2.22 bits per heavy atom. The summed E-state index contributed by atoms with van der Waals surface area (Å²) < 4.78 is 20.7. The van der Waals surface area contributed by atoms with Gasteiger partial charge in [-0.2, -0.15) is 5.10 Å². The summed E-state index contributed by atoms with van der Waals surface area (Å²) in [6, 6.07) is 4.27. The molecule has 18 heavy (non-hydrogen) atoms. The molecule has 0 radical (unpaired) electrons. The quantitative estimate of drug-likeness (QED) is 0.853. The largest absolute Gasteiger partial charge is 0.488 e. The molecule has 0 saturated carbocycles. The van der Waals surface area contributed by atoms with E-state index in [1.807, 2.05) is 6.92 Å². The lowest BCUT2D eigenvalue weighted by Gasteiger charge is -2.08. The van der Waals surface area contributed by atoms with E-state index in [1.165, 1.54) is 12.1 Å². The van der Waals surface area contributed by atoms with Crippen molar-refractivity contribution >= 4 is 27.5 Å². The monoisotopic (exact) mass is 332 g/mol. The number of hydrogen-bond acceptors (Lipinski definition) is 2. The normalized spacial score (nSPS) is 10.7. The molecule has 3 nitrogen and oxygen atoms in total. The number of hydrogen-bond donors (Lipinski definition) is 0. The molecule has 2 rings (SSSR count). The van der Waals surface area contributed by atoms with Crippen LogP contribution in [0.2, 0.25) is 5.15 Å². The number of nitrogens with zero attached hydrogens (tertiary/aromatic N) is 2. The lowest BCUT2D eigenvalue weighted by atomic mass is 10.3. The molecule has 0 aliphatic heterocycles. The second kappa shape index (κ2) is 5.28. The van der Waals surface area contributed by atoms with Gasteiger partial charge in [-0.1, -0.05) is 11.6 Å². The Morgan fingerprint density at radius 3 is 2.78 bits per heavy atom. The van der Waals surface area contributed by atoms with Crippen LogP contribution in [0.15, 0.2) is 22.7 Å². The molecule has 1 aromatic heterocycles. The van der Waals surface area contributed by atoms with Crippen molar-refractivity contribution < 1.29 is 9.13 Å². The third-order valence-corrected chi connectivity index (χ3v) is 3.63. The molecule has 0 spiro atoms. The van der Waals surface area contributed by atoms with Gasteiger partial charge in [0.2, 0.25) is 0 Å².